The normalized spacial score (nSPS) is 23.1. The quantitative estimate of drug-likeness (QED) is 0.898. The molecule has 2 aromatic rings. The van der Waals surface area contributed by atoms with Crippen LogP contribution in [-0.2, 0) is 5.41 Å². The van der Waals surface area contributed by atoms with E-state index in [4.69, 9.17) is 4.52 Å². The second kappa shape index (κ2) is 4.70. The smallest absolute Gasteiger partial charge is 0.234 e. The maximum absolute atomic E-state index is 5.51. The summed E-state index contributed by atoms with van der Waals surface area (Å²) < 4.78 is 5.51. The van der Waals surface area contributed by atoms with Gasteiger partial charge in [0.15, 0.2) is 0 Å². The zero-order valence-corrected chi connectivity index (χ0v) is 11.1. The molecule has 0 bridgehead atoms. The number of nitrogens with one attached hydrogen (secondary N) is 1. The van der Waals surface area contributed by atoms with Crippen LogP contribution in [0.1, 0.15) is 26.2 Å². The predicted octanol–water partition coefficient (Wildman–Crippen LogP) is 1.41. The van der Waals surface area contributed by atoms with Crippen molar-refractivity contribution in [3.63, 3.8) is 0 Å². The summed E-state index contributed by atoms with van der Waals surface area (Å²) in [7, 11) is 0. The van der Waals surface area contributed by atoms with Crippen LogP contribution in [0.15, 0.2) is 23.1 Å². The van der Waals surface area contributed by atoms with Crippen LogP contribution in [0, 0.1) is 5.92 Å². The number of rotatable bonds is 3. The summed E-state index contributed by atoms with van der Waals surface area (Å²) in [6.07, 6.45) is 4.19. The van der Waals surface area contributed by atoms with E-state index in [9.17, 15) is 0 Å². The highest BCUT2D eigenvalue weighted by atomic mass is 16.5. The maximum Gasteiger partial charge on any atom is 0.234 e. The first-order valence-corrected chi connectivity index (χ1v) is 6.54. The molecule has 6 heteroatoms. The van der Waals surface area contributed by atoms with Crippen molar-refractivity contribution >= 4 is 0 Å². The zero-order valence-electron chi connectivity index (χ0n) is 11.1. The highest BCUT2D eigenvalue weighted by Crippen LogP contribution is 2.37. The molecule has 3 heterocycles. The Balaban J connectivity index is 1.97. The van der Waals surface area contributed by atoms with Crippen LogP contribution in [0.3, 0.4) is 0 Å². The van der Waals surface area contributed by atoms with E-state index < -0.39 is 0 Å². The van der Waals surface area contributed by atoms with Gasteiger partial charge in [0.25, 0.3) is 0 Å². The van der Waals surface area contributed by atoms with Crippen molar-refractivity contribution < 1.29 is 4.52 Å². The molecule has 1 N–H and O–H groups in total. The third-order valence-electron chi connectivity index (χ3n) is 3.96. The Morgan fingerprint density at radius 1 is 1.42 bits per heavy atom. The van der Waals surface area contributed by atoms with E-state index in [-0.39, 0.29) is 5.41 Å². The van der Waals surface area contributed by atoms with Gasteiger partial charge in [-0.15, -0.1) is 0 Å². The first kappa shape index (κ1) is 12.2. The van der Waals surface area contributed by atoms with Gasteiger partial charge in [-0.2, -0.15) is 4.98 Å². The molecule has 6 nitrogen and oxygen atoms in total. The Morgan fingerprint density at radius 2 is 2.32 bits per heavy atom. The molecule has 1 aliphatic heterocycles. The van der Waals surface area contributed by atoms with Crippen LogP contribution in [-0.4, -0.2) is 33.2 Å². The van der Waals surface area contributed by atoms with Crippen molar-refractivity contribution in [2.75, 3.05) is 13.1 Å². The molecule has 0 amide bonds. The Hall–Kier alpha value is -1.82. The first-order chi connectivity index (χ1) is 9.22. The van der Waals surface area contributed by atoms with Crippen LogP contribution in [0.4, 0.5) is 0 Å². The highest BCUT2D eigenvalue weighted by Gasteiger charge is 2.43. The third kappa shape index (κ3) is 2.02. The number of hydrogen-bond acceptors (Lipinski definition) is 6. The van der Waals surface area contributed by atoms with Gasteiger partial charge in [-0.1, -0.05) is 19.0 Å². The average molecular weight is 259 g/mol. The third-order valence-corrected chi connectivity index (χ3v) is 3.96. The molecule has 1 saturated heterocycles. The molecule has 1 atom stereocenters. The van der Waals surface area contributed by atoms with Crippen LogP contribution in [0.2, 0.25) is 0 Å². The van der Waals surface area contributed by atoms with Gasteiger partial charge >= 0.3 is 0 Å². The summed E-state index contributed by atoms with van der Waals surface area (Å²) in [6.45, 7) is 6.27. The summed E-state index contributed by atoms with van der Waals surface area (Å²) in [5, 5.41) is 7.44. The topological polar surface area (TPSA) is 76.7 Å². The van der Waals surface area contributed by atoms with Gasteiger partial charge in [0.05, 0.1) is 5.41 Å². The number of hydrogen-bond donors (Lipinski definition) is 1. The molecule has 0 spiro atoms. The molecule has 1 aliphatic rings. The molecule has 100 valence electrons. The van der Waals surface area contributed by atoms with Crippen molar-refractivity contribution in [2.24, 2.45) is 5.92 Å². The average Bonchev–Trinajstić information content (AvgIpc) is 3.09. The Labute approximate surface area is 111 Å². The fourth-order valence-corrected chi connectivity index (χ4v) is 2.59. The fraction of sp³-hybridized carbons (Fsp3) is 0.538. The lowest BCUT2D eigenvalue weighted by Gasteiger charge is -2.27. The van der Waals surface area contributed by atoms with Crippen molar-refractivity contribution in [1.29, 1.82) is 0 Å². The number of nitrogens with zero attached hydrogens (tertiary/aromatic N) is 4. The van der Waals surface area contributed by atoms with Gasteiger partial charge in [-0.25, -0.2) is 9.97 Å². The van der Waals surface area contributed by atoms with E-state index in [0.717, 1.165) is 19.5 Å². The van der Waals surface area contributed by atoms with E-state index in [1.807, 2.05) is 0 Å². The fourth-order valence-electron chi connectivity index (χ4n) is 2.59. The summed E-state index contributed by atoms with van der Waals surface area (Å²) in [6, 6.07) is 1.78. The lowest BCUT2D eigenvalue weighted by molar-refractivity contribution is 0.234. The SMILES string of the molecule is CC(C)C1(c2nc(-c3ccncn3)no2)CCNC1. The molecule has 0 saturated carbocycles. The van der Waals surface area contributed by atoms with Crippen molar-refractivity contribution in [1.82, 2.24) is 25.4 Å². The van der Waals surface area contributed by atoms with E-state index >= 15 is 0 Å². The molecular weight excluding hydrogens is 242 g/mol. The second-order valence-corrected chi connectivity index (χ2v) is 5.26. The molecule has 3 rings (SSSR count). The van der Waals surface area contributed by atoms with Crippen LogP contribution in [0.5, 0.6) is 0 Å². The van der Waals surface area contributed by atoms with Gasteiger partial charge in [0, 0.05) is 12.7 Å². The maximum atomic E-state index is 5.51. The Bertz CT molecular complexity index is 545. The van der Waals surface area contributed by atoms with Gasteiger partial charge in [0.2, 0.25) is 11.7 Å². The first-order valence-electron chi connectivity index (χ1n) is 6.54. The van der Waals surface area contributed by atoms with Gasteiger partial charge in [0.1, 0.15) is 12.0 Å². The summed E-state index contributed by atoms with van der Waals surface area (Å²) >= 11 is 0. The second-order valence-electron chi connectivity index (χ2n) is 5.26. The molecule has 0 aliphatic carbocycles. The van der Waals surface area contributed by atoms with Gasteiger partial charge < -0.3 is 9.84 Å². The largest absolute Gasteiger partial charge is 0.338 e. The zero-order chi connectivity index (χ0) is 13.3. The highest BCUT2D eigenvalue weighted by molar-refractivity contribution is 5.46. The molecule has 1 fully saturated rings. The van der Waals surface area contributed by atoms with Crippen LogP contribution >= 0.6 is 0 Å². The minimum atomic E-state index is -0.0573. The minimum Gasteiger partial charge on any atom is -0.338 e. The molecule has 0 radical (unpaired) electrons. The lowest BCUT2D eigenvalue weighted by atomic mass is 9.76. The number of aromatic nitrogens is 4. The van der Waals surface area contributed by atoms with Gasteiger partial charge in [-0.3, -0.25) is 0 Å². The Kier molecular flexibility index (Phi) is 3.02. The summed E-state index contributed by atoms with van der Waals surface area (Å²) in [5.74, 6) is 1.69. The van der Waals surface area contributed by atoms with E-state index in [1.165, 1.54) is 6.33 Å². The minimum absolute atomic E-state index is 0.0573. The van der Waals surface area contributed by atoms with Gasteiger partial charge in [-0.05, 0) is 24.9 Å². The molecule has 2 aromatic heterocycles. The predicted molar refractivity (Wildman–Crippen MR) is 69.3 cm³/mol. The molecule has 1 unspecified atom stereocenters. The van der Waals surface area contributed by atoms with Crippen molar-refractivity contribution in [3.8, 4) is 11.5 Å². The van der Waals surface area contributed by atoms with Crippen molar-refractivity contribution in [3.05, 3.63) is 24.5 Å². The van der Waals surface area contributed by atoms with E-state index in [0.29, 0.717) is 23.3 Å². The summed E-state index contributed by atoms with van der Waals surface area (Å²) in [5.41, 5.74) is 0.632. The van der Waals surface area contributed by atoms with Crippen molar-refractivity contribution in [2.45, 2.75) is 25.7 Å². The van der Waals surface area contributed by atoms with E-state index in [1.54, 1.807) is 12.3 Å². The standard InChI is InChI=1S/C13H17N5O/c1-9(2)13(4-6-14-7-13)12-17-11(18-19-12)10-3-5-15-8-16-10/h3,5,8-9,14H,4,6-7H2,1-2H3. The Morgan fingerprint density at radius 3 is 2.95 bits per heavy atom. The monoisotopic (exact) mass is 259 g/mol. The molecular formula is C13H17N5O. The lowest BCUT2D eigenvalue weighted by Crippen LogP contribution is -2.35. The van der Waals surface area contributed by atoms with E-state index in [2.05, 4.69) is 39.3 Å². The molecule has 19 heavy (non-hydrogen) atoms. The van der Waals surface area contributed by atoms with Crippen LogP contribution in [0.25, 0.3) is 11.5 Å². The van der Waals surface area contributed by atoms with Crippen LogP contribution < -0.4 is 5.32 Å². The molecule has 0 aromatic carbocycles. The summed E-state index contributed by atoms with van der Waals surface area (Å²) in [4.78, 5) is 12.6.